The van der Waals surface area contributed by atoms with Gasteiger partial charge in [0.15, 0.2) is 0 Å². The van der Waals surface area contributed by atoms with Crippen molar-refractivity contribution >= 4 is 22.9 Å². The van der Waals surface area contributed by atoms with Gasteiger partial charge in [0.2, 0.25) is 11.6 Å². The summed E-state index contributed by atoms with van der Waals surface area (Å²) in [5.74, 6) is -0.152. The number of hydrogen-bond acceptors (Lipinski definition) is 5. The summed E-state index contributed by atoms with van der Waals surface area (Å²) in [4.78, 5) is 55.2. The fourth-order valence-electron chi connectivity index (χ4n) is 4.03. The van der Waals surface area contributed by atoms with Crippen molar-refractivity contribution in [3.8, 4) is 5.69 Å². The molecule has 0 spiro atoms. The molecule has 0 bridgehead atoms. The van der Waals surface area contributed by atoms with Crippen LogP contribution in [0.3, 0.4) is 0 Å². The molecule has 1 fully saturated rings. The van der Waals surface area contributed by atoms with Crippen molar-refractivity contribution in [1.82, 2.24) is 19.8 Å². The minimum Gasteiger partial charge on any atom is -0.444 e. The van der Waals surface area contributed by atoms with Gasteiger partial charge in [-0.3, -0.25) is 19.4 Å². The summed E-state index contributed by atoms with van der Waals surface area (Å²) in [6, 6.07) is 8.37. The second-order valence-electron chi connectivity index (χ2n) is 7.66. The number of para-hydroxylation sites is 1. The second-order valence-corrected chi connectivity index (χ2v) is 7.66. The van der Waals surface area contributed by atoms with Crippen LogP contribution in [0.4, 0.5) is 0 Å². The van der Waals surface area contributed by atoms with Crippen LogP contribution in [0.2, 0.25) is 0 Å². The standard InChI is InChI=1S/C22H24N4O5/c1-3-16(27)23-14-8-7-11-25(12-14)20(28)17-13(2)31-19-18(17)21(29)26(22(30)24-19)15-9-5-4-6-10-15/h4-6,9-10,14H,3,7-8,11-12H2,1-2H3,(H,23,27)(H,24,30). The van der Waals surface area contributed by atoms with E-state index >= 15 is 0 Å². The maximum Gasteiger partial charge on any atom is 0.335 e. The largest absolute Gasteiger partial charge is 0.444 e. The van der Waals surface area contributed by atoms with Crippen molar-refractivity contribution in [2.75, 3.05) is 13.1 Å². The maximum absolute atomic E-state index is 13.4. The molecule has 162 valence electrons. The minimum atomic E-state index is -0.642. The molecule has 3 heterocycles. The third kappa shape index (κ3) is 3.78. The lowest BCUT2D eigenvalue weighted by molar-refractivity contribution is -0.121. The molecule has 1 aromatic carbocycles. The van der Waals surface area contributed by atoms with Crippen molar-refractivity contribution in [1.29, 1.82) is 0 Å². The van der Waals surface area contributed by atoms with Crippen molar-refractivity contribution in [3.63, 3.8) is 0 Å². The number of aryl methyl sites for hydroxylation is 1. The van der Waals surface area contributed by atoms with Crippen molar-refractivity contribution < 1.29 is 14.0 Å². The van der Waals surface area contributed by atoms with Crippen LogP contribution in [-0.2, 0) is 4.79 Å². The zero-order valence-electron chi connectivity index (χ0n) is 17.4. The SMILES string of the molecule is CCC(=O)NC1CCCN(C(=O)c2c(C)oc3[nH]c(=O)n(-c4ccccc4)c(=O)c23)C1. The van der Waals surface area contributed by atoms with Gasteiger partial charge in [0, 0.05) is 25.6 Å². The van der Waals surface area contributed by atoms with Gasteiger partial charge in [0.1, 0.15) is 11.1 Å². The van der Waals surface area contributed by atoms with E-state index in [1.807, 2.05) is 0 Å². The number of nitrogens with zero attached hydrogens (tertiary/aromatic N) is 2. The quantitative estimate of drug-likeness (QED) is 0.661. The van der Waals surface area contributed by atoms with Gasteiger partial charge < -0.3 is 14.6 Å². The van der Waals surface area contributed by atoms with E-state index in [1.165, 1.54) is 0 Å². The van der Waals surface area contributed by atoms with Crippen LogP contribution in [0.5, 0.6) is 0 Å². The summed E-state index contributed by atoms with van der Waals surface area (Å²) in [5.41, 5.74) is -0.734. The number of furan rings is 1. The topological polar surface area (TPSA) is 117 Å². The molecular formula is C22H24N4O5. The first-order valence-electron chi connectivity index (χ1n) is 10.3. The van der Waals surface area contributed by atoms with E-state index in [4.69, 9.17) is 4.42 Å². The molecule has 0 radical (unpaired) electrons. The average molecular weight is 424 g/mol. The molecule has 1 atom stereocenters. The number of nitrogens with one attached hydrogen (secondary N) is 2. The van der Waals surface area contributed by atoms with Crippen LogP contribution in [-0.4, -0.2) is 45.4 Å². The maximum atomic E-state index is 13.4. The van der Waals surface area contributed by atoms with Gasteiger partial charge in [-0.15, -0.1) is 0 Å². The second kappa shape index (κ2) is 8.25. The van der Waals surface area contributed by atoms with Gasteiger partial charge in [-0.1, -0.05) is 25.1 Å². The molecule has 9 nitrogen and oxygen atoms in total. The Labute approximate surface area is 177 Å². The number of amides is 2. The van der Waals surface area contributed by atoms with Crippen LogP contribution in [0.25, 0.3) is 16.8 Å². The predicted octanol–water partition coefficient (Wildman–Crippen LogP) is 1.71. The molecule has 2 amide bonds. The van der Waals surface area contributed by atoms with E-state index in [0.29, 0.717) is 25.2 Å². The predicted molar refractivity (Wildman–Crippen MR) is 115 cm³/mol. The van der Waals surface area contributed by atoms with E-state index in [0.717, 1.165) is 17.4 Å². The zero-order valence-corrected chi connectivity index (χ0v) is 17.4. The highest BCUT2D eigenvalue weighted by Gasteiger charge is 2.31. The number of hydrogen-bond donors (Lipinski definition) is 2. The van der Waals surface area contributed by atoms with Gasteiger partial charge in [-0.2, -0.15) is 0 Å². The Morgan fingerprint density at radius 1 is 1.23 bits per heavy atom. The van der Waals surface area contributed by atoms with E-state index in [1.54, 1.807) is 49.1 Å². The first-order valence-corrected chi connectivity index (χ1v) is 10.3. The highest BCUT2D eigenvalue weighted by molar-refractivity contribution is 6.06. The molecule has 9 heteroatoms. The number of piperidine rings is 1. The van der Waals surface area contributed by atoms with Gasteiger partial charge in [-0.25, -0.2) is 9.36 Å². The third-order valence-corrected chi connectivity index (χ3v) is 5.55. The fourth-order valence-corrected chi connectivity index (χ4v) is 4.03. The van der Waals surface area contributed by atoms with Crippen LogP contribution >= 0.6 is 0 Å². The summed E-state index contributed by atoms with van der Waals surface area (Å²) in [5, 5.41) is 2.98. The Balaban J connectivity index is 1.76. The van der Waals surface area contributed by atoms with E-state index < -0.39 is 11.2 Å². The molecule has 0 aliphatic carbocycles. The number of aromatic amines is 1. The first-order chi connectivity index (χ1) is 14.9. The molecule has 3 aromatic rings. The fraction of sp³-hybridized carbons (Fsp3) is 0.364. The van der Waals surface area contributed by atoms with Crippen molar-refractivity contribution in [2.24, 2.45) is 0 Å². The van der Waals surface area contributed by atoms with Gasteiger partial charge >= 0.3 is 5.69 Å². The Morgan fingerprint density at radius 2 is 1.97 bits per heavy atom. The number of rotatable bonds is 4. The number of benzene rings is 1. The normalized spacial score (nSPS) is 16.5. The number of H-pyrrole nitrogens is 1. The van der Waals surface area contributed by atoms with Crippen LogP contribution in [0.15, 0.2) is 44.3 Å². The van der Waals surface area contributed by atoms with Crippen LogP contribution < -0.4 is 16.6 Å². The third-order valence-electron chi connectivity index (χ3n) is 5.55. The molecular weight excluding hydrogens is 400 g/mol. The Kier molecular flexibility index (Phi) is 5.50. The van der Waals surface area contributed by atoms with Gasteiger partial charge in [0.05, 0.1) is 11.3 Å². The Morgan fingerprint density at radius 3 is 2.68 bits per heavy atom. The molecule has 0 saturated carbocycles. The Hall–Kier alpha value is -3.62. The Bertz CT molecular complexity index is 1250. The van der Waals surface area contributed by atoms with E-state index in [-0.39, 0.29) is 40.3 Å². The lowest BCUT2D eigenvalue weighted by Gasteiger charge is -2.33. The monoisotopic (exact) mass is 424 g/mol. The number of carbonyl (C=O) groups excluding carboxylic acids is 2. The lowest BCUT2D eigenvalue weighted by Crippen LogP contribution is -2.49. The number of fused-ring (bicyclic) bond motifs is 1. The van der Waals surface area contributed by atoms with E-state index in [9.17, 15) is 19.2 Å². The minimum absolute atomic E-state index is 0.0177. The molecule has 4 rings (SSSR count). The summed E-state index contributed by atoms with van der Waals surface area (Å²) in [7, 11) is 0. The van der Waals surface area contributed by atoms with Gasteiger partial charge in [-0.05, 0) is 31.9 Å². The molecule has 1 aliphatic heterocycles. The summed E-state index contributed by atoms with van der Waals surface area (Å²) < 4.78 is 6.58. The van der Waals surface area contributed by atoms with Gasteiger partial charge in [0.25, 0.3) is 11.5 Å². The van der Waals surface area contributed by atoms with Crippen LogP contribution in [0.1, 0.15) is 42.3 Å². The molecule has 2 aromatic heterocycles. The molecule has 1 aliphatic rings. The number of carbonyl (C=O) groups is 2. The molecule has 2 N–H and O–H groups in total. The van der Waals surface area contributed by atoms with Crippen LogP contribution in [0, 0.1) is 6.92 Å². The first kappa shape index (κ1) is 20.6. The highest BCUT2D eigenvalue weighted by Crippen LogP contribution is 2.24. The summed E-state index contributed by atoms with van der Waals surface area (Å²) >= 11 is 0. The average Bonchev–Trinajstić information content (AvgIpc) is 3.09. The molecule has 1 unspecified atom stereocenters. The molecule has 1 saturated heterocycles. The smallest absolute Gasteiger partial charge is 0.335 e. The number of likely N-dealkylation sites (tertiary alicyclic amines) is 1. The molecule has 31 heavy (non-hydrogen) atoms. The number of aromatic nitrogens is 2. The zero-order chi connectivity index (χ0) is 22.1. The van der Waals surface area contributed by atoms with Crippen molar-refractivity contribution in [3.05, 3.63) is 62.5 Å². The van der Waals surface area contributed by atoms with Crippen molar-refractivity contribution in [2.45, 2.75) is 39.2 Å². The summed E-state index contributed by atoms with van der Waals surface area (Å²) in [6.45, 7) is 4.24. The van der Waals surface area contributed by atoms with E-state index in [2.05, 4.69) is 10.3 Å². The highest BCUT2D eigenvalue weighted by atomic mass is 16.3. The lowest BCUT2D eigenvalue weighted by atomic mass is 10.0. The summed E-state index contributed by atoms with van der Waals surface area (Å²) in [6.07, 6.45) is 1.90.